The average Bonchev–Trinajstić information content (AvgIpc) is 3.60. The van der Waals surface area contributed by atoms with Crippen molar-refractivity contribution in [2.75, 3.05) is 11.5 Å². The van der Waals surface area contributed by atoms with Gasteiger partial charge in [0, 0.05) is 5.75 Å². The molecule has 220 valence electrons. The molecule has 0 bridgehead atoms. The van der Waals surface area contributed by atoms with Crippen molar-refractivity contribution < 1.29 is 23.8 Å². The van der Waals surface area contributed by atoms with Crippen LogP contribution >= 0.6 is 23.1 Å². The fourth-order valence-electron chi connectivity index (χ4n) is 4.57. The number of carbonyl (C=O) groups excluding carboxylic acids is 2. The third-order valence-electron chi connectivity index (χ3n) is 6.79. The predicted molar refractivity (Wildman–Crippen MR) is 168 cm³/mol. The topological polar surface area (TPSA) is 92.6 Å². The molecule has 3 aromatic carbocycles. The van der Waals surface area contributed by atoms with Gasteiger partial charge in [-0.3, -0.25) is 14.5 Å². The van der Waals surface area contributed by atoms with E-state index in [1.165, 1.54) is 46.2 Å². The Morgan fingerprint density at radius 1 is 1.05 bits per heavy atom. The molecule has 1 unspecified atom stereocenters. The highest BCUT2D eigenvalue weighted by Crippen LogP contribution is 2.43. The Morgan fingerprint density at radius 3 is 2.51 bits per heavy atom. The Kier molecular flexibility index (Phi) is 10.0. The number of allylic oxidation sites excluding steroid dienone is 1. The van der Waals surface area contributed by atoms with E-state index in [0.717, 1.165) is 30.4 Å². The number of rotatable bonds is 13. The molecule has 10 heteroatoms. The molecule has 0 spiro atoms. The van der Waals surface area contributed by atoms with Gasteiger partial charge in [0.2, 0.25) is 5.13 Å². The van der Waals surface area contributed by atoms with Crippen LogP contribution in [0.2, 0.25) is 0 Å². The monoisotopic (exact) mass is 615 g/mol. The van der Waals surface area contributed by atoms with E-state index in [1.54, 1.807) is 42.5 Å². The summed E-state index contributed by atoms with van der Waals surface area (Å²) in [6, 6.07) is 21.8. The summed E-state index contributed by atoms with van der Waals surface area (Å²) in [5.41, 5.74) is 2.30. The molecule has 0 radical (unpaired) electrons. The highest BCUT2D eigenvalue weighted by atomic mass is 32.2. The minimum Gasteiger partial charge on any atom is -0.503 e. The SMILES string of the molecule is CCCCCOc1ccc(C2C(C(=O)/C=C/c3ccccc3)=C(O)C(=O)N2c2nnc(SCc3ccc(F)cc3)s2)cc1. The van der Waals surface area contributed by atoms with Gasteiger partial charge in [0.25, 0.3) is 5.91 Å². The van der Waals surface area contributed by atoms with E-state index in [9.17, 15) is 19.1 Å². The molecule has 43 heavy (non-hydrogen) atoms. The third kappa shape index (κ3) is 7.39. The largest absolute Gasteiger partial charge is 0.503 e. The minimum atomic E-state index is -0.919. The number of benzene rings is 3. The smallest absolute Gasteiger partial charge is 0.296 e. The fraction of sp³-hybridized carbons (Fsp3) is 0.212. The van der Waals surface area contributed by atoms with Gasteiger partial charge in [-0.25, -0.2) is 4.39 Å². The molecule has 5 rings (SSSR count). The van der Waals surface area contributed by atoms with Crippen LogP contribution in [0.3, 0.4) is 0 Å². The summed E-state index contributed by atoms with van der Waals surface area (Å²) in [5.74, 6) is -0.939. The van der Waals surface area contributed by atoms with Crippen molar-refractivity contribution in [2.24, 2.45) is 0 Å². The molecule has 0 fully saturated rings. The molecule has 0 saturated heterocycles. The Bertz CT molecular complexity index is 1620. The van der Waals surface area contributed by atoms with E-state index in [0.29, 0.717) is 28.0 Å². The number of amides is 1. The molecule has 1 aliphatic heterocycles. The van der Waals surface area contributed by atoms with Crippen molar-refractivity contribution in [3.63, 3.8) is 0 Å². The maximum Gasteiger partial charge on any atom is 0.296 e. The number of aliphatic hydroxyl groups is 1. The number of halogens is 1. The highest BCUT2D eigenvalue weighted by molar-refractivity contribution is 8.00. The van der Waals surface area contributed by atoms with Gasteiger partial charge in [-0.05, 0) is 53.5 Å². The zero-order valence-corrected chi connectivity index (χ0v) is 25.1. The van der Waals surface area contributed by atoms with Crippen LogP contribution in [-0.4, -0.2) is 33.6 Å². The Morgan fingerprint density at radius 2 is 1.79 bits per heavy atom. The van der Waals surface area contributed by atoms with Crippen LogP contribution in [0.25, 0.3) is 6.08 Å². The minimum absolute atomic E-state index is 0.0375. The van der Waals surface area contributed by atoms with Gasteiger partial charge >= 0.3 is 0 Å². The first-order valence-corrected chi connectivity index (χ1v) is 15.7. The number of hydrogen-bond acceptors (Lipinski definition) is 8. The first-order valence-electron chi connectivity index (χ1n) is 13.9. The van der Waals surface area contributed by atoms with Crippen LogP contribution < -0.4 is 9.64 Å². The number of ether oxygens (including phenoxy) is 1. The van der Waals surface area contributed by atoms with Crippen molar-refractivity contribution in [2.45, 2.75) is 42.3 Å². The molecule has 1 N–H and O–H groups in total. The molecule has 0 aliphatic carbocycles. The summed E-state index contributed by atoms with van der Waals surface area (Å²) in [6.45, 7) is 2.73. The number of unbranched alkanes of at least 4 members (excludes halogenated alkanes) is 2. The van der Waals surface area contributed by atoms with Crippen molar-refractivity contribution >= 4 is 46.0 Å². The van der Waals surface area contributed by atoms with E-state index in [1.807, 2.05) is 30.3 Å². The number of thioether (sulfide) groups is 1. The summed E-state index contributed by atoms with van der Waals surface area (Å²) in [7, 11) is 0. The van der Waals surface area contributed by atoms with E-state index in [4.69, 9.17) is 4.74 Å². The van der Waals surface area contributed by atoms with Gasteiger partial charge in [0.1, 0.15) is 11.6 Å². The van der Waals surface area contributed by atoms with Crippen LogP contribution in [0.4, 0.5) is 9.52 Å². The van der Waals surface area contributed by atoms with E-state index >= 15 is 0 Å². The number of anilines is 1. The summed E-state index contributed by atoms with van der Waals surface area (Å²) >= 11 is 2.58. The van der Waals surface area contributed by atoms with Gasteiger partial charge in [0.15, 0.2) is 15.9 Å². The van der Waals surface area contributed by atoms with Gasteiger partial charge in [-0.2, -0.15) is 0 Å². The summed E-state index contributed by atoms with van der Waals surface area (Å²) < 4.78 is 19.7. The molecule has 2 heterocycles. The molecule has 1 amide bonds. The number of aliphatic hydroxyl groups excluding tert-OH is 1. The second kappa shape index (κ2) is 14.3. The zero-order chi connectivity index (χ0) is 30.2. The molecular formula is C33H30FN3O4S2. The van der Waals surface area contributed by atoms with Crippen molar-refractivity contribution in [3.8, 4) is 5.75 Å². The lowest BCUT2D eigenvalue weighted by Gasteiger charge is -2.24. The normalized spacial score (nSPS) is 15.1. The maximum atomic E-state index is 13.5. The van der Waals surface area contributed by atoms with Crippen LogP contribution in [0.15, 0.2) is 101 Å². The van der Waals surface area contributed by atoms with Gasteiger partial charge < -0.3 is 9.84 Å². The third-order valence-corrected chi connectivity index (χ3v) is 8.92. The van der Waals surface area contributed by atoms with Crippen molar-refractivity contribution in [1.29, 1.82) is 0 Å². The number of carbonyl (C=O) groups is 2. The molecular weight excluding hydrogens is 586 g/mol. The number of hydrogen-bond donors (Lipinski definition) is 1. The zero-order valence-electron chi connectivity index (χ0n) is 23.5. The number of ketones is 1. The predicted octanol–water partition coefficient (Wildman–Crippen LogP) is 7.72. The molecule has 0 saturated carbocycles. The van der Waals surface area contributed by atoms with Crippen LogP contribution in [0, 0.1) is 5.82 Å². The fourth-order valence-corrected chi connectivity index (χ4v) is 6.39. The lowest BCUT2D eigenvalue weighted by molar-refractivity contribution is -0.117. The Hall–Kier alpha value is -4.28. The maximum absolute atomic E-state index is 13.5. The first kappa shape index (κ1) is 30.2. The molecule has 7 nitrogen and oxygen atoms in total. The summed E-state index contributed by atoms with van der Waals surface area (Å²) in [4.78, 5) is 28.3. The molecule has 1 atom stereocenters. The van der Waals surface area contributed by atoms with E-state index < -0.39 is 23.5 Å². The van der Waals surface area contributed by atoms with Crippen LogP contribution in [0.1, 0.15) is 48.9 Å². The standard InChI is InChI=1S/C33H30FN3O4S2/c1-2-3-7-20-41-26-17-13-24(14-18-26)29-28(27(38)19-12-22-8-5-4-6-9-22)30(39)31(40)37(29)32-35-36-33(43-32)42-21-23-10-15-25(34)16-11-23/h4-6,8-19,29,39H,2-3,7,20-21H2,1H3/b19-12+. The first-order chi connectivity index (χ1) is 20.9. The van der Waals surface area contributed by atoms with Crippen molar-refractivity contribution in [3.05, 3.63) is 119 Å². The second-order valence-corrected chi connectivity index (χ2v) is 12.0. The Balaban J connectivity index is 1.42. The average molecular weight is 616 g/mol. The van der Waals surface area contributed by atoms with Gasteiger partial charge in [-0.15, -0.1) is 10.2 Å². The summed E-state index contributed by atoms with van der Waals surface area (Å²) in [6.07, 6.45) is 6.13. The molecule has 4 aromatic rings. The highest BCUT2D eigenvalue weighted by Gasteiger charge is 2.45. The molecule has 1 aliphatic rings. The van der Waals surface area contributed by atoms with Crippen LogP contribution in [0.5, 0.6) is 5.75 Å². The lowest BCUT2D eigenvalue weighted by Crippen LogP contribution is -2.30. The van der Waals surface area contributed by atoms with E-state index in [-0.39, 0.29) is 16.5 Å². The van der Waals surface area contributed by atoms with Gasteiger partial charge in [0.05, 0.1) is 18.2 Å². The Labute approximate surface area is 257 Å². The van der Waals surface area contributed by atoms with Crippen LogP contribution in [-0.2, 0) is 15.3 Å². The number of aromatic nitrogens is 2. The van der Waals surface area contributed by atoms with E-state index in [2.05, 4.69) is 17.1 Å². The van der Waals surface area contributed by atoms with Crippen molar-refractivity contribution in [1.82, 2.24) is 10.2 Å². The van der Waals surface area contributed by atoms with Gasteiger partial charge in [-0.1, -0.05) is 104 Å². The molecule has 1 aromatic heterocycles. The lowest BCUT2D eigenvalue weighted by atomic mass is 9.95. The second-order valence-electron chi connectivity index (χ2n) is 9.84. The summed E-state index contributed by atoms with van der Waals surface area (Å²) in [5, 5.41) is 19.8. The number of nitrogens with zero attached hydrogens (tertiary/aromatic N) is 3. The quantitative estimate of drug-likeness (QED) is 0.0712.